The van der Waals surface area contributed by atoms with E-state index in [2.05, 4.69) is 0 Å². The van der Waals surface area contributed by atoms with Crippen LogP contribution in [0.2, 0.25) is 0 Å². The van der Waals surface area contributed by atoms with Gasteiger partial charge in [-0.2, -0.15) is 0 Å². The summed E-state index contributed by atoms with van der Waals surface area (Å²) in [6.45, 7) is 2.99. The lowest BCUT2D eigenvalue weighted by atomic mass is 9.98. The van der Waals surface area contributed by atoms with Crippen LogP contribution in [0.3, 0.4) is 0 Å². The molecule has 1 fully saturated rings. The quantitative estimate of drug-likeness (QED) is 0.373. The molecule has 3 aromatic rings. The second kappa shape index (κ2) is 7.40. The normalized spacial score (nSPS) is 27.4. The SMILES string of the molecule is Cc1c(O[C@@H]2O[C@H](CO)[C@@H](O)[C@H](O)[C@H]2O)cc(C)c2c1oc(=O)c1ccccc12. The molecule has 0 spiro atoms. The van der Waals surface area contributed by atoms with Gasteiger partial charge < -0.3 is 34.3 Å². The maximum absolute atomic E-state index is 12.4. The van der Waals surface area contributed by atoms with Crippen LogP contribution in [-0.4, -0.2) is 57.7 Å². The highest BCUT2D eigenvalue weighted by Crippen LogP contribution is 2.35. The fourth-order valence-corrected chi connectivity index (χ4v) is 3.76. The maximum atomic E-state index is 12.4. The summed E-state index contributed by atoms with van der Waals surface area (Å²) in [5.74, 6) is 0.290. The molecule has 1 aromatic heterocycles. The third-order valence-corrected chi connectivity index (χ3v) is 5.38. The molecule has 0 saturated carbocycles. The second-order valence-electron chi connectivity index (χ2n) is 7.27. The Morgan fingerprint density at radius 1 is 1.03 bits per heavy atom. The van der Waals surface area contributed by atoms with Crippen molar-refractivity contribution < 1.29 is 34.3 Å². The van der Waals surface area contributed by atoms with Gasteiger partial charge in [0.05, 0.1) is 12.0 Å². The molecule has 1 aliphatic rings. The zero-order chi connectivity index (χ0) is 20.9. The van der Waals surface area contributed by atoms with Gasteiger partial charge in [-0.05, 0) is 31.5 Å². The van der Waals surface area contributed by atoms with Crippen LogP contribution < -0.4 is 10.4 Å². The first-order valence-corrected chi connectivity index (χ1v) is 9.26. The van der Waals surface area contributed by atoms with Crippen molar-refractivity contribution in [3.63, 3.8) is 0 Å². The standard InChI is InChI=1S/C21H22O8/c1-9-7-13(27-21-18(25)17(24)16(23)14(8-22)28-21)10(2)19-15(9)11-5-3-4-6-12(11)20(26)29-19/h3-7,14,16-18,21-25H,8H2,1-2H3/t14-,16-,17+,18-,21-/m1/s1. The van der Waals surface area contributed by atoms with Gasteiger partial charge in [0.15, 0.2) is 0 Å². The lowest BCUT2D eigenvalue weighted by Crippen LogP contribution is -2.60. The Morgan fingerprint density at radius 3 is 2.41 bits per heavy atom. The average Bonchev–Trinajstić information content (AvgIpc) is 2.72. The van der Waals surface area contributed by atoms with Crippen LogP contribution in [0.15, 0.2) is 39.5 Å². The van der Waals surface area contributed by atoms with E-state index in [9.17, 15) is 25.2 Å². The molecule has 0 aliphatic carbocycles. The van der Waals surface area contributed by atoms with Gasteiger partial charge in [0.25, 0.3) is 0 Å². The Kier molecular flexibility index (Phi) is 5.05. The average molecular weight is 402 g/mol. The summed E-state index contributed by atoms with van der Waals surface area (Å²) in [6.07, 6.45) is -6.96. The lowest BCUT2D eigenvalue weighted by molar-refractivity contribution is -0.277. The smallest absolute Gasteiger partial charge is 0.344 e. The number of aliphatic hydroxyl groups excluding tert-OH is 4. The highest BCUT2D eigenvalue weighted by atomic mass is 16.7. The fourth-order valence-electron chi connectivity index (χ4n) is 3.76. The molecular weight excluding hydrogens is 380 g/mol. The third kappa shape index (κ3) is 3.19. The number of benzene rings is 2. The minimum absolute atomic E-state index is 0.290. The van der Waals surface area contributed by atoms with Gasteiger partial charge >= 0.3 is 5.63 Å². The van der Waals surface area contributed by atoms with Crippen molar-refractivity contribution in [3.8, 4) is 5.75 Å². The fraction of sp³-hybridized carbons (Fsp3) is 0.381. The van der Waals surface area contributed by atoms with Gasteiger partial charge in [-0.1, -0.05) is 18.2 Å². The van der Waals surface area contributed by atoms with Crippen molar-refractivity contribution in [1.82, 2.24) is 0 Å². The molecule has 1 aliphatic heterocycles. The first-order valence-electron chi connectivity index (χ1n) is 9.26. The van der Waals surface area contributed by atoms with E-state index >= 15 is 0 Å². The minimum Gasteiger partial charge on any atom is -0.462 e. The molecule has 8 heteroatoms. The molecule has 5 atom stereocenters. The minimum atomic E-state index is -1.55. The third-order valence-electron chi connectivity index (χ3n) is 5.38. The van der Waals surface area contributed by atoms with Crippen LogP contribution in [0.5, 0.6) is 5.75 Å². The Labute approximate surface area is 165 Å². The van der Waals surface area contributed by atoms with E-state index in [1.807, 2.05) is 19.1 Å². The van der Waals surface area contributed by atoms with E-state index < -0.39 is 42.9 Å². The van der Waals surface area contributed by atoms with Crippen molar-refractivity contribution in [3.05, 3.63) is 51.9 Å². The summed E-state index contributed by atoms with van der Waals surface area (Å²) >= 11 is 0. The molecule has 0 bridgehead atoms. The molecule has 0 unspecified atom stereocenters. The van der Waals surface area contributed by atoms with Crippen LogP contribution in [0.1, 0.15) is 11.1 Å². The topological polar surface area (TPSA) is 130 Å². The molecular formula is C21H22O8. The van der Waals surface area contributed by atoms with Crippen molar-refractivity contribution in [2.24, 2.45) is 0 Å². The van der Waals surface area contributed by atoms with E-state index in [1.165, 1.54) is 0 Å². The number of ether oxygens (including phenoxy) is 2. The summed E-state index contributed by atoms with van der Waals surface area (Å²) in [7, 11) is 0. The number of rotatable bonds is 3. The summed E-state index contributed by atoms with van der Waals surface area (Å²) in [4.78, 5) is 12.4. The number of aryl methyl sites for hydroxylation is 2. The summed E-state index contributed by atoms with van der Waals surface area (Å²) < 4.78 is 16.7. The Balaban J connectivity index is 1.80. The van der Waals surface area contributed by atoms with Crippen LogP contribution in [0.4, 0.5) is 0 Å². The van der Waals surface area contributed by atoms with E-state index in [0.717, 1.165) is 16.3 Å². The van der Waals surface area contributed by atoms with E-state index in [4.69, 9.17) is 13.9 Å². The van der Waals surface area contributed by atoms with Crippen LogP contribution in [0.25, 0.3) is 21.7 Å². The molecule has 0 radical (unpaired) electrons. The zero-order valence-electron chi connectivity index (χ0n) is 15.9. The van der Waals surface area contributed by atoms with Crippen LogP contribution >= 0.6 is 0 Å². The van der Waals surface area contributed by atoms with Gasteiger partial charge in [-0.25, -0.2) is 4.79 Å². The largest absolute Gasteiger partial charge is 0.462 e. The highest BCUT2D eigenvalue weighted by molar-refractivity contribution is 6.07. The molecule has 29 heavy (non-hydrogen) atoms. The summed E-state index contributed by atoms with van der Waals surface area (Å²) in [5.41, 5.74) is 1.18. The van der Waals surface area contributed by atoms with E-state index in [0.29, 0.717) is 16.5 Å². The maximum Gasteiger partial charge on any atom is 0.344 e. The van der Waals surface area contributed by atoms with Gasteiger partial charge in [0, 0.05) is 16.3 Å². The Hall–Kier alpha value is -2.49. The summed E-state index contributed by atoms with van der Waals surface area (Å²) in [6, 6.07) is 8.89. The monoisotopic (exact) mass is 402 g/mol. The van der Waals surface area contributed by atoms with E-state index in [1.54, 1.807) is 25.1 Å². The van der Waals surface area contributed by atoms with Gasteiger partial charge in [-0.15, -0.1) is 0 Å². The van der Waals surface area contributed by atoms with Crippen molar-refractivity contribution in [1.29, 1.82) is 0 Å². The first-order chi connectivity index (χ1) is 13.8. The molecule has 154 valence electrons. The van der Waals surface area contributed by atoms with Crippen LogP contribution in [-0.2, 0) is 4.74 Å². The molecule has 2 aromatic carbocycles. The van der Waals surface area contributed by atoms with Gasteiger partial charge in [0.1, 0.15) is 35.7 Å². The number of fused-ring (bicyclic) bond motifs is 3. The molecule has 0 amide bonds. The van der Waals surface area contributed by atoms with Crippen molar-refractivity contribution in [2.45, 2.75) is 44.6 Å². The van der Waals surface area contributed by atoms with Crippen molar-refractivity contribution in [2.75, 3.05) is 6.61 Å². The van der Waals surface area contributed by atoms with Crippen LogP contribution in [0, 0.1) is 13.8 Å². The molecule has 1 saturated heterocycles. The lowest BCUT2D eigenvalue weighted by Gasteiger charge is -2.39. The molecule has 4 rings (SSSR count). The number of hydrogen-bond acceptors (Lipinski definition) is 8. The highest BCUT2D eigenvalue weighted by Gasteiger charge is 2.44. The molecule has 4 N–H and O–H groups in total. The number of aliphatic hydroxyl groups is 4. The predicted molar refractivity (Wildman–Crippen MR) is 104 cm³/mol. The van der Waals surface area contributed by atoms with Gasteiger partial charge in [-0.3, -0.25) is 0 Å². The zero-order valence-corrected chi connectivity index (χ0v) is 15.9. The Bertz CT molecular complexity index is 1120. The van der Waals surface area contributed by atoms with Crippen molar-refractivity contribution >= 4 is 21.7 Å². The predicted octanol–water partition coefficient (Wildman–Crippen LogP) is 0.742. The van der Waals surface area contributed by atoms with E-state index in [-0.39, 0.29) is 5.75 Å². The second-order valence-corrected chi connectivity index (χ2v) is 7.27. The first kappa shape index (κ1) is 19.8. The number of hydrogen-bond donors (Lipinski definition) is 4. The molecule has 2 heterocycles. The molecule has 8 nitrogen and oxygen atoms in total. The van der Waals surface area contributed by atoms with Gasteiger partial charge in [0.2, 0.25) is 6.29 Å². The summed E-state index contributed by atoms with van der Waals surface area (Å²) in [5, 5.41) is 41.5. The Morgan fingerprint density at radius 2 is 1.72 bits per heavy atom.